The van der Waals surface area contributed by atoms with Crippen LogP contribution >= 0.6 is 0 Å². The summed E-state index contributed by atoms with van der Waals surface area (Å²) in [5.74, 6) is -0.0812. The molecule has 1 aromatic heterocycles. The zero-order valence-electron chi connectivity index (χ0n) is 12.1. The standard InChI is InChI=1S/C17H17N3O/c1-11-5-3-4-6-14(11)12(2)20-17(21)13-7-8-15-16(9-13)19-10-18-15/h3-10,12H,1-2H3,(H,18,19)(H,20,21). The fourth-order valence-electron chi connectivity index (χ4n) is 2.51. The van der Waals surface area contributed by atoms with Crippen molar-refractivity contribution < 1.29 is 4.79 Å². The van der Waals surface area contributed by atoms with E-state index >= 15 is 0 Å². The molecule has 0 radical (unpaired) electrons. The molecule has 3 aromatic rings. The number of benzene rings is 2. The molecule has 0 fully saturated rings. The van der Waals surface area contributed by atoms with E-state index in [-0.39, 0.29) is 11.9 Å². The van der Waals surface area contributed by atoms with Gasteiger partial charge in [-0.2, -0.15) is 0 Å². The lowest BCUT2D eigenvalue weighted by atomic mass is 10.0. The van der Waals surface area contributed by atoms with Crippen LogP contribution < -0.4 is 5.32 Å². The number of nitrogens with one attached hydrogen (secondary N) is 2. The summed E-state index contributed by atoms with van der Waals surface area (Å²) < 4.78 is 0. The maximum atomic E-state index is 12.4. The number of carbonyl (C=O) groups excluding carboxylic acids is 1. The highest BCUT2D eigenvalue weighted by Gasteiger charge is 2.13. The Kier molecular flexibility index (Phi) is 3.44. The number of rotatable bonds is 3. The molecule has 106 valence electrons. The first-order chi connectivity index (χ1) is 10.1. The number of carbonyl (C=O) groups is 1. The van der Waals surface area contributed by atoms with Crippen molar-refractivity contribution in [1.29, 1.82) is 0 Å². The number of aryl methyl sites for hydroxylation is 1. The molecule has 2 aromatic carbocycles. The predicted octanol–water partition coefficient (Wildman–Crippen LogP) is 3.36. The van der Waals surface area contributed by atoms with E-state index in [1.165, 1.54) is 5.56 Å². The Morgan fingerprint density at radius 1 is 1.24 bits per heavy atom. The Labute approximate surface area is 123 Å². The van der Waals surface area contributed by atoms with Gasteiger partial charge in [0.25, 0.3) is 5.91 Å². The normalized spacial score (nSPS) is 12.3. The first kappa shape index (κ1) is 13.4. The molecule has 0 saturated carbocycles. The minimum Gasteiger partial charge on any atom is -0.346 e. The third-order valence-electron chi connectivity index (χ3n) is 3.68. The van der Waals surface area contributed by atoms with Gasteiger partial charge in [0.2, 0.25) is 0 Å². The van der Waals surface area contributed by atoms with Crippen LogP contribution in [-0.4, -0.2) is 15.9 Å². The molecule has 1 atom stereocenters. The van der Waals surface area contributed by atoms with Gasteiger partial charge in [0.1, 0.15) is 0 Å². The number of hydrogen-bond donors (Lipinski definition) is 2. The average Bonchev–Trinajstić information content (AvgIpc) is 2.94. The fourth-order valence-corrected chi connectivity index (χ4v) is 2.51. The monoisotopic (exact) mass is 279 g/mol. The van der Waals surface area contributed by atoms with Gasteiger partial charge in [-0.15, -0.1) is 0 Å². The van der Waals surface area contributed by atoms with Crippen LogP contribution in [0.2, 0.25) is 0 Å². The van der Waals surface area contributed by atoms with Crippen LogP contribution in [0.4, 0.5) is 0 Å². The second-order valence-electron chi connectivity index (χ2n) is 5.19. The van der Waals surface area contributed by atoms with Gasteiger partial charge in [-0.05, 0) is 43.2 Å². The van der Waals surface area contributed by atoms with Gasteiger partial charge >= 0.3 is 0 Å². The van der Waals surface area contributed by atoms with Crippen molar-refractivity contribution >= 4 is 16.9 Å². The van der Waals surface area contributed by atoms with Gasteiger partial charge in [0.15, 0.2) is 0 Å². The van der Waals surface area contributed by atoms with Gasteiger partial charge in [0.05, 0.1) is 23.4 Å². The van der Waals surface area contributed by atoms with Crippen molar-refractivity contribution in [2.24, 2.45) is 0 Å². The minimum atomic E-state index is -0.0812. The molecular weight excluding hydrogens is 262 g/mol. The zero-order chi connectivity index (χ0) is 14.8. The topological polar surface area (TPSA) is 57.8 Å². The van der Waals surface area contributed by atoms with E-state index in [1.807, 2.05) is 37.3 Å². The van der Waals surface area contributed by atoms with Crippen LogP contribution in [0.25, 0.3) is 11.0 Å². The summed E-state index contributed by atoms with van der Waals surface area (Å²) in [6.07, 6.45) is 1.63. The number of H-pyrrole nitrogens is 1. The number of imidazole rings is 1. The molecule has 0 saturated heterocycles. The SMILES string of the molecule is Cc1ccccc1C(C)NC(=O)c1ccc2nc[nH]c2c1. The quantitative estimate of drug-likeness (QED) is 0.772. The summed E-state index contributed by atoms with van der Waals surface area (Å²) >= 11 is 0. The lowest BCUT2D eigenvalue weighted by molar-refractivity contribution is 0.0940. The summed E-state index contributed by atoms with van der Waals surface area (Å²) in [6.45, 7) is 4.05. The summed E-state index contributed by atoms with van der Waals surface area (Å²) in [5, 5.41) is 3.04. The average molecular weight is 279 g/mol. The summed E-state index contributed by atoms with van der Waals surface area (Å²) in [5.41, 5.74) is 4.67. The van der Waals surface area contributed by atoms with Crippen molar-refractivity contribution in [3.8, 4) is 0 Å². The smallest absolute Gasteiger partial charge is 0.251 e. The molecule has 0 spiro atoms. The highest BCUT2D eigenvalue weighted by molar-refractivity contribution is 5.97. The van der Waals surface area contributed by atoms with E-state index in [1.54, 1.807) is 12.4 Å². The second-order valence-corrected chi connectivity index (χ2v) is 5.19. The van der Waals surface area contributed by atoms with E-state index in [2.05, 4.69) is 28.3 Å². The minimum absolute atomic E-state index is 0.0313. The van der Waals surface area contributed by atoms with Crippen molar-refractivity contribution in [2.75, 3.05) is 0 Å². The highest BCUT2D eigenvalue weighted by Crippen LogP contribution is 2.18. The lowest BCUT2D eigenvalue weighted by Crippen LogP contribution is -2.27. The lowest BCUT2D eigenvalue weighted by Gasteiger charge is -2.16. The number of hydrogen-bond acceptors (Lipinski definition) is 2. The number of fused-ring (bicyclic) bond motifs is 1. The van der Waals surface area contributed by atoms with E-state index in [0.29, 0.717) is 5.56 Å². The van der Waals surface area contributed by atoms with Gasteiger partial charge in [0, 0.05) is 5.56 Å². The molecule has 4 heteroatoms. The Morgan fingerprint density at radius 2 is 2.05 bits per heavy atom. The number of aromatic nitrogens is 2. The number of amides is 1. The molecule has 1 unspecified atom stereocenters. The molecule has 4 nitrogen and oxygen atoms in total. The Bertz CT molecular complexity index is 791. The van der Waals surface area contributed by atoms with Gasteiger partial charge in [-0.25, -0.2) is 4.98 Å². The summed E-state index contributed by atoms with van der Waals surface area (Å²) in [7, 11) is 0. The van der Waals surface area contributed by atoms with Crippen molar-refractivity contribution in [3.05, 3.63) is 65.5 Å². The van der Waals surface area contributed by atoms with Crippen LogP contribution in [-0.2, 0) is 0 Å². The van der Waals surface area contributed by atoms with E-state index < -0.39 is 0 Å². The van der Waals surface area contributed by atoms with E-state index in [4.69, 9.17) is 0 Å². The first-order valence-electron chi connectivity index (χ1n) is 6.94. The van der Waals surface area contributed by atoms with Crippen LogP contribution in [0.3, 0.4) is 0 Å². The first-order valence-corrected chi connectivity index (χ1v) is 6.94. The van der Waals surface area contributed by atoms with Gasteiger partial charge < -0.3 is 10.3 Å². The van der Waals surface area contributed by atoms with Crippen molar-refractivity contribution in [3.63, 3.8) is 0 Å². The van der Waals surface area contributed by atoms with Crippen LogP contribution in [0.5, 0.6) is 0 Å². The second kappa shape index (κ2) is 5.40. The zero-order valence-corrected chi connectivity index (χ0v) is 12.1. The third kappa shape index (κ3) is 2.65. The number of aromatic amines is 1. The molecular formula is C17H17N3O. The maximum Gasteiger partial charge on any atom is 0.251 e. The van der Waals surface area contributed by atoms with Crippen LogP contribution in [0.1, 0.15) is 34.5 Å². The van der Waals surface area contributed by atoms with Crippen molar-refractivity contribution in [2.45, 2.75) is 19.9 Å². The largest absolute Gasteiger partial charge is 0.346 e. The predicted molar refractivity (Wildman–Crippen MR) is 83.2 cm³/mol. The van der Waals surface area contributed by atoms with Crippen LogP contribution in [0.15, 0.2) is 48.8 Å². The fraction of sp³-hybridized carbons (Fsp3) is 0.176. The Morgan fingerprint density at radius 3 is 2.86 bits per heavy atom. The molecule has 2 N–H and O–H groups in total. The summed E-state index contributed by atoms with van der Waals surface area (Å²) in [6, 6.07) is 13.5. The Hall–Kier alpha value is -2.62. The molecule has 0 aliphatic rings. The third-order valence-corrected chi connectivity index (χ3v) is 3.68. The molecule has 0 aliphatic heterocycles. The Balaban J connectivity index is 1.81. The van der Waals surface area contributed by atoms with Gasteiger partial charge in [-0.3, -0.25) is 4.79 Å². The van der Waals surface area contributed by atoms with E-state index in [9.17, 15) is 4.79 Å². The summed E-state index contributed by atoms with van der Waals surface area (Å²) in [4.78, 5) is 19.5. The molecule has 1 amide bonds. The highest BCUT2D eigenvalue weighted by atomic mass is 16.1. The maximum absolute atomic E-state index is 12.4. The molecule has 0 aliphatic carbocycles. The van der Waals surface area contributed by atoms with Crippen LogP contribution in [0, 0.1) is 6.92 Å². The molecule has 0 bridgehead atoms. The number of nitrogens with zero attached hydrogens (tertiary/aromatic N) is 1. The van der Waals surface area contributed by atoms with E-state index in [0.717, 1.165) is 16.6 Å². The van der Waals surface area contributed by atoms with Crippen molar-refractivity contribution in [1.82, 2.24) is 15.3 Å². The molecule has 3 rings (SSSR count). The molecule has 21 heavy (non-hydrogen) atoms. The molecule has 1 heterocycles. The van der Waals surface area contributed by atoms with Gasteiger partial charge in [-0.1, -0.05) is 24.3 Å².